The molecule has 0 saturated heterocycles. The molecule has 5 heteroatoms. The van der Waals surface area contributed by atoms with Gasteiger partial charge >= 0.3 is 11.9 Å². The number of carboxylic acid groups (broad SMARTS) is 1. The van der Waals surface area contributed by atoms with Gasteiger partial charge in [-0.3, -0.25) is 4.79 Å². The minimum atomic E-state index is -0.831. The van der Waals surface area contributed by atoms with Crippen molar-refractivity contribution in [3.8, 4) is 0 Å². The smallest absolute Gasteiger partial charge is 0.337 e. The number of methoxy groups -OCH3 is 1. The van der Waals surface area contributed by atoms with Crippen molar-refractivity contribution in [2.75, 3.05) is 7.11 Å². The molecule has 1 aromatic rings. The average Bonchev–Trinajstić information content (AvgIpc) is 2.34. The van der Waals surface area contributed by atoms with Gasteiger partial charge in [0.1, 0.15) is 0 Å². The van der Waals surface area contributed by atoms with Crippen LogP contribution in [0.25, 0.3) is 0 Å². The number of carboxylic acids is 1. The summed E-state index contributed by atoms with van der Waals surface area (Å²) in [6, 6.07) is 5.14. The quantitative estimate of drug-likeness (QED) is 0.670. The normalized spacial score (nSPS) is 10.0. The summed E-state index contributed by atoms with van der Waals surface area (Å²) in [7, 11) is 1.33. The zero-order chi connectivity index (χ0) is 12.8. The number of benzene rings is 1. The van der Waals surface area contributed by atoms with E-state index in [-0.39, 0.29) is 6.42 Å². The van der Waals surface area contributed by atoms with E-state index in [0.717, 1.165) is 11.1 Å². The Balaban J connectivity index is 2.93. The molecule has 1 rings (SSSR count). The van der Waals surface area contributed by atoms with Gasteiger partial charge in [-0.25, -0.2) is 4.79 Å². The summed E-state index contributed by atoms with van der Waals surface area (Å²) in [5, 5.41) is 9.21. The zero-order valence-electron chi connectivity index (χ0n) is 9.40. The predicted molar refractivity (Wildman–Crippen MR) is 66.4 cm³/mol. The summed E-state index contributed by atoms with van der Waals surface area (Å²) in [6.07, 6.45) is 0.537. The van der Waals surface area contributed by atoms with Crippen molar-refractivity contribution in [1.29, 1.82) is 0 Å². The summed E-state index contributed by atoms with van der Waals surface area (Å²) in [5.74, 6) is -1.22. The highest BCUT2D eigenvalue weighted by Crippen LogP contribution is 2.17. The summed E-state index contributed by atoms with van der Waals surface area (Å²) in [6.45, 7) is 0. The molecular weight excluding hydrogens is 288 g/mol. The van der Waals surface area contributed by atoms with Crippen LogP contribution in [0, 0.1) is 0 Å². The lowest BCUT2D eigenvalue weighted by molar-refractivity contribution is -0.136. The number of hydrogen-bond acceptors (Lipinski definition) is 3. The summed E-state index contributed by atoms with van der Waals surface area (Å²) in [4.78, 5) is 21.8. The van der Waals surface area contributed by atoms with Gasteiger partial charge in [0.25, 0.3) is 0 Å². The van der Waals surface area contributed by atoms with Crippen molar-refractivity contribution >= 4 is 27.9 Å². The Morgan fingerprint density at radius 1 is 1.35 bits per heavy atom. The third-order valence-corrected chi connectivity index (χ3v) is 2.98. The van der Waals surface area contributed by atoms with Crippen LogP contribution in [0.2, 0.25) is 0 Å². The molecule has 0 amide bonds. The molecule has 0 radical (unpaired) electrons. The predicted octanol–water partition coefficient (Wildman–Crippen LogP) is 2.39. The third kappa shape index (κ3) is 3.85. The first-order valence-corrected chi connectivity index (χ1v) is 6.18. The van der Waals surface area contributed by atoms with E-state index < -0.39 is 11.9 Å². The number of rotatable bonds is 5. The second-order valence-electron chi connectivity index (χ2n) is 3.50. The molecule has 92 valence electrons. The second-order valence-corrected chi connectivity index (χ2v) is 4.06. The van der Waals surface area contributed by atoms with Gasteiger partial charge in [0.15, 0.2) is 0 Å². The zero-order valence-corrected chi connectivity index (χ0v) is 11.0. The molecule has 17 heavy (non-hydrogen) atoms. The monoisotopic (exact) mass is 300 g/mol. The highest BCUT2D eigenvalue weighted by molar-refractivity contribution is 9.08. The van der Waals surface area contributed by atoms with E-state index in [4.69, 9.17) is 5.11 Å². The molecule has 0 spiro atoms. The van der Waals surface area contributed by atoms with Crippen LogP contribution in [-0.4, -0.2) is 24.2 Å². The molecule has 0 atom stereocenters. The number of hydrogen-bond donors (Lipinski definition) is 1. The van der Waals surface area contributed by atoms with Gasteiger partial charge in [0.05, 0.1) is 12.7 Å². The summed E-state index contributed by atoms with van der Waals surface area (Å²) >= 11 is 3.32. The van der Waals surface area contributed by atoms with Crippen molar-refractivity contribution in [3.05, 3.63) is 34.9 Å². The standard InChI is InChI=1S/C12H13BrO4/c1-17-12(16)9-3-2-8(4-5-11(14)15)10(6-9)7-13/h2-3,6H,4-5,7H2,1H3,(H,14,15). The van der Waals surface area contributed by atoms with Crippen molar-refractivity contribution in [2.45, 2.75) is 18.2 Å². The largest absolute Gasteiger partial charge is 0.481 e. The van der Waals surface area contributed by atoms with E-state index in [2.05, 4.69) is 20.7 Å². The van der Waals surface area contributed by atoms with Crippen molar-refractivity contribution in [1.82, 2.24) is 0 Å². The lowest BCUT2D eigenvalue weighted by Crippen LogP contribution is -2.04. The first kappa shape index (κ1) is 13.7. The molecule has 0 aliphatic rings. The van der Waals surface area contributed by atoms with Crippen LogP contribution in [0.3, 0.4) is 0 Å². The van der Waals surface area contributed by atoms with Gasteiger partial charge in [-0.2, -0.15) is 0 Å². The van der Waals surface area contributed by atoms with Gasteiger partial charge in [-0.1, -0.05) is 22.0 Å². The molecule has 0 aromatic heterocycles. The molecular formula is C12H13BrO4. The first-order chi connectivity index (χ1) is 8.08. The fourth-order valence-electron chi connectivity index (χ4n) is 1.48. The molecule has 1 N–H and O–H groups in total. The minimum Gasteiger partial charge on any atom is -0.481 e. The van der Waals surface area contributed by atoms with E-state index >= 15 is 0 Å². The Morgan fingerprint density at radius 3 is 2.59 bits per heavy atom. The van der Waals surface area contributed by atoms with Gasteiger partial charge < -0.3 is 9.84 Å². The molecule has 0 saturated carbocycles. The number of carbonyl (C=O) groups excluding carboxylic acids is 1. The maximum Gasteiger partial charge on any atom is 0.337 e. The molecule has 0 aliphatic carbocycles. The number of ether oxygens (including phenoxy) is 1. The lowest BCUT2D eigenvalue weighted by Gasteiger charge is -2.08. The van der Waals surface area contributed by atoms with Crippen LogP contribution in [-0.2, 0) is 21.3 Å². The molecule has 0 heterocycles. The molecule has 0 bridgehead atoms. The summed E-state index contributed by atoms with van der Waals surface area (Å²) < 4.78 is 4.63. The highest BCUT2D eigenvalue weighted by atomic mass is 79.9. The Kier molecular flexibility index (Phi) is 5.15. The van der Waals surface area contributed by atoms with E-state index in [9.17, 15) is 9.59 Å². The average molecular weight is 301 g/mol. The van der Waals surface area contributed by atoms with Crippen LogP contribution < -0.4 is 0 Å². The number of aliphatic carboxylic acids is 1. The van der Waals surface area contributed by atoms with Crippen molar-refractivity contribution in [2.24, 2.45) is 0 Å². The molecule has 0 aliphatic heterocycles. The highest BCUT2D eigenvalue weighted by Gasteiger charge is 2.10. The van der Waals surface area contributed by atoms with Gasteiger partial charge in [-0.15, -0.1) is 0 Å². The fourth-order valence-corrected chi connectivity index (χ4v) is 2.00. The molecule has 1 aromatic carbocycles. The Hall–Kier alpha value is -1.36. The number of esters is 1. The van der Waals surface area contributed by atoms with Gasteiger partial charge in [0, 0.05) is 11.8 Å². The topological polar surface area (TPSA) is 63.6 Å². The molecule has 0 fully saturated rings. The van der Waals surface area contributed by atoms with Crippen LogP contribution >= 0.6 is 15.9 Å². The fraction of sp³-hybridized carbons (Fsp3) is 0.333. The van der Waals surface area contributed by atoms with Crippen LogP contribution in [0.15, 0.2) is 18.2 Å². The van der Waals surface area contributed by atoms with Gasteiger partial charge in [-0.05, 0) is 29.7 Å². The van der Waals surface area contributed by atoms with Crippen molar-refractivity contribution < 1.29 is 19.4 Å². The van der Waals surface area contributed by atoms with Crippen LogP contribution in [0.4, 0.5) is 0 Å². The minimum absolute atomic E-state index is 0.0809. The Labute approximate surface area is 108 Å². The van der Waals surface area contributed by atoms with E-state index in [1.54, 1.807) is 18.2 Å². The Morgan fingerprint density at radius 2 is 2.06 bits per heavy atom. The maximum absolute atomic E-state index is 11.3. The van der Waals surface area contributed by atoms with E-state index in [1.165, 1.54) is 7.11 Å². The van der Waals surface area contributed by atoms with Crippen molar-refractivity contribution in [3.63, 3.8) is 0 Å². The first-order valence-electron chi connectivity index (χ1n) is 5.06. The van der Waals surface area contributed by atoms with Gasteiger partial charge in [0.2, 0.25) is 0 Å². The van der Waals surface area contributed by atoms with Crippen LogP contribution in [0.1, 0.15) is 27.9 Å². The Bertz CT molecular complexity index is 429. The number of alkyl halides is 1. The number of aryl methyl sites for hydroxylation is 1. The lowest BCUT2D eigenvalue weighted by atomic mass is 10.0. The van der Waals surface area contributed by atoms with Crippen LogP contribution in [0.5, 0.6) is 0 Å². The molecule has 4 nitrogen and oxygen atoms in total. The number of halogens is 1. The SMILES string of the molecule is COC(=O)c1ccc(CCC(=O)O)c(CBr)c1. The van der Waals surface area contributed by atoms with E-state index in [0.29, 0.717) is 17.3 Å². The van der Waals surface area contributed by atoms with E-state index in [1.807, 2.05) is 0 Å². The summed E-state index contributed by atoms with van der Waals surface area (Å²) in [5.41, 5.74) is 2.31. The number of carbonyl (C=O) groups is 2. The molecule has 0 unspecified atom stereocenters. The maximum atomic E-state index is 11.3. The third-order valence-electron chi connectivity index (χ3n) is 2.38. The second kappa shape index (κ2) is 6.39.